The van der Waals surface area contributed by atoms with Gasteiger partial charge in [0.05, 0.1) is 0 Å². The fourth-order valence-electron chi connectivity index (χ4n) is 2.91. The fourth-order valence-corrected chi connectivity index (χ4v) is 2.91. The van der Waals surface area contributed by atoms with E-state index >= 15 is 0 Å². The first-order chi connectivity index (χ1) is 10.2. The smallest absolute Gasteiger partial charge is 0.186 e. The van der Waals surface area contributed by atoms with Crippen molar-refractivity contribution in [1.29, 1.82) is 0 Å². The zero-order valence-corrected chi connectivity index (χ0v) is 11.6. The predicted molar refractivity (Wildman–Crippen MR) is 83.7 cm³/mol. The average molecular weight is 274 g/mol. The van der Waals surface area contributed by atoms with E-state index < -0.39 is 0 Å². The summed E-state index contributed by atoms with van der Waals surface area (Å²) in [5, 5.41) is 0. The molecule has 2 aromatic rings. The van der Waals surface area contributed by atoms with E-state index in [2.05, 4.69) is 13.2 Å². The molecule has 0 N–H and O–H groups in total. The summed E-state index contributed by atoms with van der Waals surface area (Å²) in [6.07, 6.45) is 3.17. The fraction of sp³-hybridized carbons (Fsp3) is 0.0526. The molecular formula is C19H14O2. The van der Waals surface area contributed by atoms with Gasteiger partial charge in [0.25, 0.3) is 0 Å². The van der Waals surface area contributed by atoms with Gasteiger partial charge < -0.3 is 0 Å². The first kappa shape index (κ1) is 13.3. The molecule has 0 spiro atoms. The highest BCUT2D eigenvalue weighted by Gasteiger charge is 2.26. The van der Waals surface area contributed by atoms with Crippen molar-refractivity contribution in [2.24, 2.45) is 0 Å². The van der Waals surface area contributed by atoms with Crippen LogP contribution in [-0.2, 0) is 6.42 Å². The standard InChI is InChI=1S/C19H14O2/c1-3-17(20)15-10-9-14-13-8-6-5-7-12(13)11-16(14)19(15)18(21)4-2/h3-10H,1-2,11H2. The lowest BCUT2D eigenvalue weighted by molar-refractivity contribution is 0.101. The Morgan fingerprint density at radius 2 is 1.62 bits per heavy atom. The molecule has 0 bridgehead atoms. The van der Waals surface area contributed by atoms with Crippen LogP contribution in [0.3, 0.4) is 0 Å². The topological polar surface area (TPSA) is 34.1 Å². The number of carbonyl (C=O) groups is 2. The molecule has 0 fully saturated rings. The summed E-state index contributed by atoms with van der Waals surface area (Å²) >= 11 is 0. The number of fused-ring (bicyclic) bond motifs is 3. The van der Waals surface area contributed by atoms with E-state index in [0.717, 1.165) is 16.7 Å². The maximum absolute atomic E-state index is 12.3. The molecule has 0 aliphatic heterocycles. The van der Waals surface area contributed by atoms with E-state index in [4.69, 9.17) is 0 Å². The van der Waals surface area contributed by atoms with Crippen LogP contribution in [-0.4, -0.2) is 11.6 Å². The van der Waals surface area contributed by atoms with Crippen LogP contribution >= 0.6 is 0 Å². The van der Waals surface area contributed by atoms with E-state index in [1.165, 1.54) is 17.7 Å². The summed E-state index contributed by atoms with van der Waals surface area (Å²) in [4.78, 5) is 24.3. The van der Waals surface area contributed by atoms with Gasteiger partial charge in [-0.2, -0.15) is 0 Å². The van der Waals surface area contributed by atoms with Crippen molar-refractivity contribution in [3.05, 3.63) is 84.0 Å². The Kier molecular flexibility index (Phi) is 3.15. The predicted octanol–water partition coefficient (Wildman–Crippen LogP) is 4.00. The van der Waals surface area contributed by atoms with Crippen molar-refractivity contribution in [1.82, 2.24) is 0 Å². The molecule has 2 nitrogen and oxygen atoms in total. The van der Waals surface area contributed by atoms with Gasteiger partial charge in [0.1, 0.15) is 0 Å². The number of benzene rings is 2. The normalized spacial score (nSPS) is 11.4. The third kappa shape index (κ3) is 1.96. The Bertz CT molecular complexity index is 797. The Labute approximate surface area is 123 Å². The van der Waals surface area contributed by atoms with Gasteiger partial charge in [-0.05, 0) is 46.9 Å². The molecule has 0 saturated carbocycles. The number of ketones is 2. The molecule has 21 heavy (non-hydrogen) atoms. The van der Waals surface area contributed by atoms with Gasteiger partial charge in [0, 0.05) is 11.1 Å². The Balaban J connectivity index is 2.30. The summed E-state index contributed by atoms with van der Waals surface area (Å²) in [5.41, 5.74) is 5.10. The Hall–Kier alpha value is -2.74. The number of allylic oxidation sites excluding steroid dienone is 2. The second-order valence-corrected chi connectivity index (χ2v) is 4.98. The second-order valence-electron chi connectivity index (χ2n) is 4.98. The zero-order chi connectivity index (χ0) is 15.0. The lowest BCUT2D eigenvalue weighted by Crippen LogP contribution is -2.09. The number of carbonyl (C=O) groups excluding carboxylic acids is 2. The van der Waals surface area contributed by atoms with Crippen LogP contribution in [0.15, 0.2) is 61.7 Å². The largest absolute Gasteiger partial charge is 0.289 e. The van der Waals surface area contributed by atoms with Gasteiger partial charge in [-0.15, -0.1) is 0 Å². The van der Waals surface area contributed by atoms with Crippen LogP contribution in [0, 0.1) is 0 Å². The molecule has 2 aromatic carbocycles. The molecule has 0 aromatic heterocycles. The van der Waals surface area contributed by atoms with Gasteiger partial charge in [-0.3, -0.25) is 9.59 Å². The monoisotopic (exact) mass is 274 g/mol. The molecule has 2 heteroatoms. The summed E-state index contributed by atoms with van der Waals surface area (Å²) in [6, 6.07) is 11.7. The van der Waals surface area contributed by atoms with Crippen LogP contribution in [0.1, 0.15) is 31.8 Å². The maximum atomic E-state index is 12.3. The molecule has 0 amide bonds. The summed E-state index contributed by atoms with van der Waals surface area (Å²) in [6.45, 7) is 7.06. The number of hydrogen-bond acceptors (Lipinski definition) is 2. The maximum Gasteiger partial charge on any atom is 0.186 e. The highest BCUT2D eigenvalue weighted by molar-refractivity contribution is 6.17. The molecule has 0 atom stereocenters. The summed E-state index contributed by atoms with van der Waals surface area (Å²) in [7, 11) is 0. The van der Waals surface area contributed by atoms with Crippen LogP contribution < -0.4 is 0 Å². The minimum atomic E-state index is -0.237. The van der Waals surface area contributed by atoms with E-state index in [1.807, 2.05) is 30.3 Å². The van der Waals surface area contributed by atoms with Gasteiger partial charge in [0.2, 0.25) is 0 Å². The molecule has 1 aliphatic rings. The molecule has 0 unspecified atom stereocenters. The van der Waals surface area contributed by atoms with Crippen molar-refractivity contribution < 1.29 is 9.59 Å². The molecule has 0 radical (unpaired) electrons. The van der Waals surface area contributed by atoms with Crippen molar-refractivity contribution in [2.45, 2.75) is 6.42 Å². The molecule has 1 aliphatic carbocycles. The van der Waals surface area contributed by atoms with E-state index in [0.29, 0.717) is 17.5 Å². The van der Waals surface area contributed by atoms with Gasteiger partial charge in [0.15, 0.2) is 11.6 Å². The number of rotatable bonds is 4. The Morgan fingerprint density at radius 1 is 0.905 bits per heavy atom. The SMILES string of the molecule is C=CC(=O)c1ccc2c(c1C(=O)C=C)Cc1ccccc1-2. The van der Waals surface area contributed by atoms with Crippen LogP contribution in [0.5, 0.6) is 0 Å². The zero-order valence-electron chi connectivity index (χ0n) is 11.6. The van der Waals surface area contributed by atoms with Crippen molar-refractivity contribution in [2.75, 3.05) is 0 Å². The minimum absolute atomic E-state index is 0.218. The molecular weight excluding hydrogens is 260 g/mol. The third-order valence-electron chi connectivity index (χ3n) is 3.87. The Morgan fingerprint density at radius 3 is 2.33 bits per heavy atom. The third-order valence-corrected chi connectivity index (χ3v) is 3.87. The highest BCUT2D eigenvalue weighted by atomic mass is 16.1. The van der Waals surface area contributed by atoms with Crippen molar-refractivity contribution in [3.63, 3.8) is 0 Å². The van der Waals surface area contributed by atoms with E-state index in [-0.39, 0.29) is 11.6 Å². The van der Waals surface area contributed by atoms with Gasteiger partial charge >= 0.3 is 0 Å². The molecule has 0 saturated heterocycles. The van der Waals surface area contributed by atoms with E-state index in [1.54, 1.807) is 6.07 Å². The average Bonchev–Trinajstić information content (AvgIpc) is 2.91. The highest BCUT2D eigenvalue weighted by Crippen LogP contribution is 2.39. The minimum Gasteiger partial charge on any atom is -0.289 e. The first-order valence-corrected chi connectivity index (χ1v) is 6.75. The number of hydrogen-bond donors (Lipinski definition) is 0. The van der Waals surface area contributed by atoms with E-state index in [9.17, 15) is 9.59 Å². The first-order valence-electron chi connectivity index (χ1n) is 6.75. The summed E-state index contributed by atoms with van der Waals surface area (Å²) in [5.74, 6) is -0.455. The lowest BCUT2D eigenvalue weighted by atomic mass is 9.91. The van der Waals surface area contributed by atoms with Crippen LogP contribution in [0.25, 0.3) is 11.1 Å². The van der Waals surface area contributed by atoms with Crippen molar-refractivity contribution in [3.8, 4) is 11.1 Å². The van der Waals surface area contributed by atoms with Gasteiger partial charge in [-0.25, -0.2) is 0 Å². The molecule has 0 heterocycles. The van der Waals surface area contributed by atoms with Crippen LogP contribution in [0.2, 0.25) is 0 Å². The molecule has 102 valence electrons. The van der Waals surface area contributed by atoms with Crippen molar-refractivity contribution >= 4 is 11.6 Å². The second kappa shape index (κ2) is 4.98. The summed E-state index contributed by atoms with van der Waals surface area (Å²) < 4.78 is 0. The molecule has 3 rings (SSSR count). The lowest BCUT2D eigenvalue weighted by Gasteiger charge is -2.10. The quantitative estimate of drug-likeness (QED) is 0.532. The van der Waals surface area contributed by atoms with Crippen LogP contribution in [0.4, 0.5) is 0 Å². The van der Waals surface area contributed by atoms with Gasteiger partial charge in [-0.1, -0.05) is 43.5 Å².